The minimum atomic E-state index is 0.634. The van der Waals surface area contributed by atoms with Crippen LogP contribution in [0.5, 0.6) is 0 Å². The third kappa shape index (κ3) is 38.0. The first-order chi connectivity index (χ1) is 28.3. The van der Waals surface area contributed by atoms with Crippen LogP contribution in [-0.2, 0) is 0 Å². The van der Waals surface area contributed by atoms with Gasteiger partial charge >= 0.3 is 0 Å². The molecular weight excluding hydrogens is 689 g/mol. The van der Waals surface area contributed by atoms with Gasteiger partial charge in [0.25, 0.3) is 0 Å². The van der Waals surface area contributed by atoms with E-state index in [1.165, 1.54) is 315 Å². The summed E-state index contributed by atoms with van der Waals surface area (Å²) in [5.41, 5.74) is 0. The Bertz CT molecular complexity index is 762. The number of hydrogen-bond acceptors (Lipinski definition) is 2. The highest BCUT2D eigenvalue weighted by Crippen LogP contribution is 2.24. The molecule has 0 saturated heterocycles. The maximum absolute atomic E-state index is 2.75. The van der Waals surface area contributed by atoms with Gasteiger partial charge < -0.3 is 9.80 Å². The first kappa shape index (κ1) is 54.4. The Labute approximate surface area is 362 Å². The van der Waals surface area contributed by atoms with Crippen molar-refractivity contribution in [3.63, 3.8) is 0 Å². The Morgan fingerprint density at radius 3 is 0.614 bits per heavy atom. The fourth-order valence-electron chi connectivity index (χ4n) is 9.55. The van der Waals surface area contributed by atoms with Gasteiger partial charge in [0, 0.05) is 25.5 Å². The smallest absolute Gasteiger partial charge is 0.101 e. The summed E-state index contributed by atoms with van der Waals surface area (Å²) < 4.78 is 0. The largest absolute Gasteiger partial charge is 0.356 e. The second-order valence-corrected chi connectivity index (χ2v) is 19.2. The lowest BCUT2D eigenvalue weighted by Crippen LogP contribution is -2.39. The Kier molecular flexibility index (Phi) is 44.3. The molecule has 0 spiro atoms. The summed E-state index contributed by atoms with van der Waals surface area (Å²) in [4.78, 5) is 5.50. The van der Waals surface area contributed by atoms with E-state index in [0.717, 1.165) is 0 Å². The van der Waals surface area contributed by atoms with Crippen LogP contribution in [0.15, 0.2) is 12.4 Å². The highest BCUT2D eigenvalue weighted by molar-refractivity contribution is 4.97. The van der Waals surface area contributed by atoms with E-state index in [0.29, 0.717) is 6.17 Å². The molecule has 0 amide bonds. The van der Waals surface area contributed by atoms with Gasteiger partial charge in [0.05, 0.1) is 0 Å². The number of nitrogens with zero attached hydrogens (tertiary/aromatic N) is 2. The summed E-state index contributed by atoms with van der Waals surface area (Å²) in [6.45, 7) is 9.50. The maximum atomic E-state index is 2.75. The third-order valence-electron chi connectivity index (χ3n) is 13.6. The lowest BCUT2D eigenvalue weighted by atomic mass is 10.0. The molecule has 57 heavy (non-hydrogen) atoms. The second-order valence-electron chi connectivity index (χ2n) is 19.2. The third-order valence-corrected chi connectivity index (χ3v) is 13.6. The predicted molar refractivity (Wildman–Crippen MR) is 260 cm³/mol. The van der Waals surface area contributed by atoms with Crippen molar-refractivity contribution in [2.45, 2.75) is 329 Å². The predicted octanol–water partition coefficient (Wildman–Crippen LogP) is 19.8. The van der Waals surface area contributed by atoms with Gasteiger partial charge in [-0.1, -0.05) is 297 Å². The number of unbranched alkanes of at least 4 members (excludes halogenated alkanes) is 43. The van der Waals surface area contributed by atoms with Gasteiger partial charge in [0.1, 0.15) is 6.17 Å². The highest BCUT2D eigenvalue weighted by Gasteiger charge is 2.25. The van der Waals surface area contributed by atoms with E-state index >= 15 is 0 Å². The summed E-state index contributed by atoms with van der Waals surface area (Å²) in [6, 6.07) is 0. The molecule has 1 rings (SSSR count). The van der Waals surface area contributed by atoms with Crippen molar-refractivity contribution in [1.82, 2.24) is 9.80 Å². The van der Waals surface area contributed by atoms with E-state index in [1.807, 2.05) is 0 Å². The van der Waals surface area contributed by atoms with Crippen molar-refractivity contribution in [2.24, 2.45) is 0 Å². The van der Waals surface area contributed by atoms with E-state index in [4.69, 9.17) is 0 Å². The molecule has 1 aliphatic heterocycles. The Hall–Kier alpha value is -0.660. The maximum Gasteiger partial charge on any atom is 0.101 e. The van der Waals surface area contributed by atoms with E-state index in [-0.39, 0.29) is 0 Å². The summed E-state index contributed by atoms with van der Waals surface area (Å²) in [5, 5.41) is 0. The normalized spacial score (nSPS) is 14.2. The molecule has 1 heterocycles. The average Bonchev–Trinajstić information content (AvgIpc) is 3.61. The van der Waals surface area contributed by atoms with E-state index < -0.39 is 0 Å². The van der Waals surface area contributed by atoms with Gasteiger partial charge in [-0.2, -0.15) is 0 Å². The quantitative estimate of drug-likeness (QED) is 0.0566. The van der Waals surface area contributed by atoms with Crippen LogP contribution in [0.4, 0.5) is 0 Å². The fourth-order valence-corrected chi connectivity index (χ4v) is 9.55. The van der Waals surface area contributed by atoms with Crippen LogP contribution in [0.2, 0.25) is 0 Å². The lowest BCUT2D eigenvalue weighted by molar-refractivity contribution is 0.135. The van der Waals surface area contributed by atoms with Gasteiger partial charge in [-0.05, 0) is 25.7 Å². The van der Waals surface area contributed by atoms with Crippen molar-refractivity contribution in [1.29, 1.82) is 0 Å². The van der Waals surface area contributed by atoms with Crippen LogP contribution in [0, 0.1) is 0 Å². The van der Waals surface area contributed by atoms with Crippen molar-refractivity contribution in [2.75, 3.05) is 13.1 Å². The Balaban J connectivity index is 2.19. The molecule has 0 saturated carbocycles. The van der Waals surface area contributed by atoms with Crippen LogP contribution in [0.3, 0.4) is 0 Å². The number of hydrogen-bond donors (Lipinski definition) is 0. The molecule has 0 N–H and O–H groups in total. The molecule has 0 bridgehead atoms. The van der Waals surface area contributed by atoms with Crippen LogP contribution >= 0.6 is 0 Å². The van der Waals surface area contributed by atoms with Crippen molar-refractivity contribution >= 4 is 0 Å². The molecule has 0 fully saturated rings. The summed E-state index contributed by atoms with van der Waals surface area (Å²) in [6.07, 6.45) is 73.8. The van der Waals surface area contributed by atoms with E-state index in [9.17, 15) is 0 Å². The average molecular weight is 799 g/mol. The first-order valence-corrected chi connectivity index (χ1v) is 27.5. The summed E-state index contributed by atoms with van der Waals surface area (Å²) in [5.74, 6) is 0. The van der Waals surface area contributed by atoms with E-state index in [1.54, 1.807) is 0 Å². The van der Waals surface area contributed by atoms with Crippen LogP contribution in [0.1, 0.15) is 323 Å². The van der Waals surface area contributed by atoms with Gasteiger partial charge in [0.15, 0.2) is 0 Å². The minimum absolute atomic E-state index is 0.634. The molecule has 0 aliphatic carbocycles. The fraction of sp³-hybridized carbons (Fsp3) is 0.964. The van der Waals surface area contributed by atoms with Crippen LogP contribution < -0.4 is 0 Å². The zero-order valence-electron chi connectivity index (χ0n) is 40.3. The molecule has 1 unspecified atom stereocenters. The van der Waals surface area contributed by atoms with Gasteiger partial charge in [-0.25, -0.2) is 0 Å². The molecule has 2 nitrogen and oxygen atoms in total. The molecule has 0 aromatic heterocycles. The van der Waals surface area contributed by atoms with Crippen LogP contribution in [0.25, 0.3) is 0 Å². The van der Waals surface area contributed by atoms with Gasteiger partial charge in [-0.3, -0.25) is 0 Å². The molecule has 340 valence electrons. The molecule has 1 aliphatic rings. The van der Waals surface area contributed by atoms with Crippen molar-refractivity contribution in [3.8, 4) is 0 Å². The SMILES string of the molecule is CCCCCCCCCCCCCCCCCCC1N(CCCCCCCCCCCCCCCC)C=CN1CCCCCCCCCCCCCCCCCC. The highest BCUT2D eigenvalue weighted by atomic mass is 15.4. The molecule has 0 radical (unpaired) electrons. The second kappa shape index (κ2) is 46.4. The monoisotopic (exact) mass is 799 g/mol. The minimum Gasteiger partial charge on any atom is -0.356 e. The molecule has 0 aromatic rings. The molecule has 2 heteroatoms. The van der Waals surface area contributed by atoms with Crippen LogP contribution in [-0.4, -0.2) is 29.1 Å². The van der Waals surface area contributed by atoms with Crippen molar-refractivity contribution in [3.05, 3.63) is 12.4 Å². The standard InChI is InChI=1S/C55H110N2/c1-4-7-10-13-16-19-22-25-28-30-32-35-38-41-44-47-50-55-56(51-48-45-42-39-36-33-27-24-21-18-15-12-9-6-3)53-54-57(55)52-49-46-43-40-37-34-31-29-26-23-20-17-14-11-8-5-2/h53-55H,4-52H2,1-3H3. The summed E-state index contributed by atoms with van der Waals surface area (Å²) in [7, 11) is 0. The Morgan fingerprint density at radius 1 is 0.228 bits per heavy atom. The first-order valence-electron chi connectivity index (χ1n) is 27.5. The van der Waals surface area contributed by atoms with Gasteiger partial charge in [0.2, 0.25) is 0 Å². The molecule has 0 aromatic carbocycles. The summed E-state index contributed by atoms with van der Waals surface area (Å²) >= 11 is 0. The zero-order valence-corrected chi connectivity index (χ0v) is 40.3. The lowest BCUT2D eigenvalue weighted by Gasteiger charge is -2.33. The number of rotatable bonds is 49. The van der Waals surface area contributed by atoms with E-state index in [2.05, 4.69) is 43.0 Å². The molecule has 1 atom stereocenters. The Morgan fingerprint density at radius 2 is 0.404 bits per heavy atom. The topological polar surface area (TPSA) is 6.48 Å². The van der Waals surface area contributed by atoms with Crippen molar-refractivity contribution < 1.29 is 0 Å². The van der Waals surface area contributed by atoms with Gasteiger partial charge in [-0.15, -0.1) is 0 Å². The molecular formula is C55H110N2. The zero-order chi connectivity index (χ0) is 40.8.